The van der Waals surface area contributed by atoms with Crippen molar-refractivity contribution < 1.29 is 0 Å². The lowest BCUT2D eigenvalue weighted by molar-refractivity contribution is 1.32. The zero-order chi connectivity index (χ0) is 8.55. The fraction of sp³-hybridized carbons (Fsp3) is 0. The van der Waals surface area contributed by atoms with Gasteiger partial charge in [-0.1, -0.05) is 11.6 Å². The van der Waals surface area contributed by atoms with Crippen LogP contribution in [0.4, 0.5) is 0 Å². The predicted molar refractivity (Wildman–Crippen MR) is 49.0 cm³/mol. The molecule has 12 heavy (non-hydrogen) atoms. The molecule has 0 bridgehead atoms. The highest BCUT2D eigenvalue weighted by Crippen LogP contribution is 2.22. The Morgan fingerprint density at radius 1 is 1.33 bits per heavy atom. The van der Waals surface area contributed by atoms with Crippen LogP contribution >= 0.6 is 11.6 Å². The molecule has 2 rings (SSSR count). The fourth-order valence-corrected chi connectivity index (χ4v) is 1.22. The minimum Gasteiger partial charge on any atom is -0.254 e. The summed E-state index contributed by atoms with van der Waals surface area (Å²) in [6.45, 7) is 3.74. The molecule has 3 heteroatoms. The molecule has 0 aromatic carbocycles. The summed E-state index contributed by atoms with van der Waals surface area (Å²) in [6.07, 6.45) is 3.34. The molecule has 59 valence electrons. The van der Waals surface area contributed by atoms with E-state index in [0.717, 1.165) is 5.52 Å². The number of fused-ring (bicyclic) bond motifs is 1. The van der Waals surface area contributed by atoms with Gasteiger partial charge in [-0.3, -0.25) is 9.97 Å². The number of pyridine rings is 2. The van der Waals surface area contributed by atoms with Crippen LogP contribution in [0.1, 0.15) is 5.56 Å². The maximum atomic E-state index is 5.96. The molecule has 0 spiro atoms. The van der Waals surface area contributed by atoms with E-state index in [1.54, 1.807) is 12.4 Å². The van der Waals surface area contributed by atoms with Gasteiger partial charge in [-0.05, 0) is 24.6 Å². The van der Waals surface area contributed by atoms with E-state index < -0.39 is 0 Å². The van der Waals surface area contributed by atoms with E-state index in [1.807, 2.05) is 12.1 Å². The van der Waals surface area contributed by atoms with E-state index in [2.05, 4.69) is 16.9 Å². The van der Waals surface area contributed by atoms with Crippen LogP contribution in [0.2, 0.25) is 5.02 Å². The second kappa shape index (κ2) is 2.72. The SMILES string of the molecule is [CH2]c1cnc2cccnc2c1Cl. The summed E-state index contributed by atoms with van der Waals surface area (Å²) in [5.74, 6) is 0. The summed E-state index contributed by atoms with van der Waals surface area (Å²) in [6, 6.07) is 3.70. The van der Waals surface area contributed by atoms with E-state index in [0.29, 0.717) is 16.1 Å². The van der Waals surface area contributed by atoms with Gasteiger partial charge >= 0.3 is 0 Å². The maximum Gasteiger partial charge on any atom is 0.107 e. The standard InChI is InChI=1S/C9H6ClN2/c1-6-5-12-7-3-2-4-11-9(7)8(6)10/h2-5H,1H2. The van der Waals surface area contributed by atoms with Crippen LogP contribution in [0, 0.1) is 6.92 Å². The Morgan fingerprint density at radius 3 is 3.00 bits per heavy atom. The van der Waals surface area contributed by atoms with Crippen LogP contribution in [0.5, 0.6) is 0 Å². The molecule has 0 amide bonds. The van der Waals surface area contributed by atoms with Crippen molar-refractivity contribution in [3.63, 3.8) is 0 Å². The second-order valence-electron chi connectivity index (χ2n) is 2.47. The molecule has 2 aromatic rings. The van der Waals surface area contributed by atoms with Gasteiger partial charge in [-0.2, -0.15) is 0 Å². The third-order valence-corrected chi connectivity index (χ3v) is 2.06. The largest absolute Gasteiger partial charge is 0.254 e. The van der Waals surface area contributed by atoms with Gasteiger partial charge in [0.05, 0.1) is 10.5 Å². The Bertz CT molecular complexity index is 426. The summed E-state index contributed by atoms with van der Waals surface area (Å²) in [5.41, 5.74) is 2.23. The molecule has 0 saturated heterocycles. The number of hydrogen-bond acceptors (Lipinski definition) is 2. The van der Waals surface area contributed by atoms with Crippen LogP contribution in [-0.2, 0) is 0 Å². The first-order chi connectivity index (χ1) is 5.79. The lowest BCUT2D eigenvalue weighted by Crippen LogP contribution is -1.85. The van der Waals surface area contributed by atoms with Crippen molar-refractivity contribution in [2.45, 2.75) is 0 Å². The van der Waals surface area contributed by atoms with Crippen LogP contribution in [0.25, 0.3) is 11.0 Å². The van der Waals surface area contributed by atoms with Crippen molar-refractivity contribution in [3.8, 4) is 0 Å². The first kappa shape index (κ1) is 7.50. The maximum absolute atomic E-state index is 5.96. The van der Waals surface area contributed by atoms with Crippen LogP contribution in [0.3, 0.4) is 0 Å². The van der Waals surface area contributed by atoms with Crippen LogP contribution in [-0.4, -0.2) is 9.97 Å². The zero-order valence-corrected chi connectivity index (χ0v) is 7.04. The van der Waals surface area contributed by atoms with Gasteiger partial charge in [0.15, 0.2) is 0 Å². The van der Waals surface area contributed by atoms with Gasteiger partial charge in [0.1, 0.15) is 5.52 Å². The zero-order valence-electron chi connectivity index (χ0n) is 6.29. The summed E-state index contributed by atoms with van der Waals surface area (Å²) in [5, 5.41) is 0.584. The number of halogens is 1. The minimum absolute atomic E-state index is 0.584. The van der Waals surface area contributed by atoms with Crippen molar-refractivity contribution in [2.24, 2.45) is 0 Å². The molecule has 0 aliphatic carbocycles. The summed E-state index contributed by atoms with van der Waals surface area (Å²) in [4.78, 5) is 8.24. The molecule has 0 aliphatic rings. The third-order valence-electron chi connectivity index (χ3n) is 1.64. The topological polar surface area (TPSA) is 25.8 Å². The smallest absolute Gasteiger partial charge is 0.107 e. The number of hydrogen-bond donors (Lipinski definition) is 0. The molecule has 0 atom stereocenters. The Morgan fingerprint density at radius 2 is 2.17 bits per heavy atom. The molecule has 0 N–H and O–H groups in total. The Kier molecular flexibility index (Phi) is 1.70. The lowest BCUT2D eigenvalue weighted by atomic mass is 10.2. The Hall–Kier alpha value is -1.15. The van der Waals surface area contributed by atoms with Crippen LogP contribution in [0.15, 0.2) is 24.5 Å². The van der Waals surface area contributed by atoms with Gasteiger partial charge in [0, 0.05) is 12.4 Å². The molecular formula is C9H6ClN2. The molecule has 0 aliphatic heterocycles. The highest BCUT2D eigenvalue weighted by atomic mass is 35.5. The van der Waals surface area contributed by atoms with E-state index in [9.17, 15) is 0 Å². The highest BCUT2D eigenvalue weighted by Gasteiger charge is 2.02. The van der Waals surface area contributed by atoms with E-state index in [4.69, 9.17) is 11.6 Å². The summed E-state index contributed by atoms with van der Waals surface area (Å²) >= 11 is 5.96. The van der Waals surface area contributed by atoms with Gasteiger partial charge in [0.2, 0.25) is 0 Å². The monoisotopic (exact) mass is 177 g/mol. The van der Waals surface area contributed by atoms with Gasteiger partial charge < -0.3 is 0 Å². The molecule has 2 nitrogen and oxygen atoms in total. The second-order valence-corrected chi connectivity index (χ2v) is 2.85. The van der Waals surface area contributed by atoms with Gasteiger partial charge in [-0.25, -0.2) is 0 Å². The summed E-state index contributed by atoms with van der Waals surface area (Å²) < 4.78 is 0. The Labute approximate surface area is 75.2 Å². The Balaban J connectivity index is 2.91. The van der Waals surface area contributed by atoms with Crippen molar-refractivity contribution in [2.75, 3.05) is 0 Å². The van der Waals surface area contributed by atoms with Crippen LogP contribution < -0.4 is 0 Å². The molecule has 0 unspecified atom stereocenters. The first-order valence-corrected chi connectivity index (χ1v) is 3.88. The quantitative estimate of drug-likeness (QED) is 0.618. The molecule has 1 radical (unpaired) electrons. The first-order valence-electron chi connectivity index (χ1n) is 3.50. The number of rotatable bonds is 0. The van der Waals surface area contributed by atoms with Crippen molar-refractivity contribution in [3.05, 3.63) is 42.0 Å². The molecule has 0 saturated carbocycles. The van der Waals surface area contributed by atoms with Crippen molar-refractivity contribution in [1.82, 2.24) is 9.97 Å². The average Bonchev–Trinajstić information content (AvgIpc) is 2.12. The fourth-order valence-electron chi connectivity index (χ4n) is 1.03. The number of nitrogens with zero attached hydrogens (tertiary/aromatic N) is 2. The van der Waals surface area contributed by atoms with Gasteiger partial charge in [0.25, 0.3) is 0 Å². The third kappa shape index (κ3) is 1.04. The molecule has 2 aromatic heterocycles. The summed E-state index contributed by atoms with van der Waals surface area (Å²) in [7, 11) is 0. The van der Waals surface area contributed by atoms with Gasteiger partial charge in [-0.15, -0.1) is 0 Å². The van der Waals surface area contributed by atoms with Crippen molar-refractivity contribution in [1.29, 1.82) is 0 Å². The number of aromatic nitrogens is 2. The highest BCUT2D eigenvalue weighted by molar-refractivity contribution is 6.35. The molecule has 2 heterocycles. The normalized spacial score (nSPS) is 10.5. The van der Waals surface area contributed by atoms with Crippen molar-refractivity contribution >= 4 is 22.6 Å². The molecular weight excluding hydrogens is 172 g/mol. The average molecular weight is 178 g/mol. The van der Waals surface area contributed by atoms with E-state index in [-0.39, 0.29) is 0 Å². The predicted octanol–water partition coefficient (Wildman–Crippen LogP) is 2.47. The minimum atomic E-state index is 0.584. The molecule has 0 fully saturated rings. The van der Waals surface area contributed by atoms with E-state index in [1.165, 1.54) is 0 Å². The lowest BCUT2D eigenvalue weighted by Gasteiger charge is -1.99. The van der Waals surface area contributed by atoms with E-state index >= 15 is 0 Å².